The zero-order chi connectivity index (χ0) is 26.4. The Morgan fingerprint density at radius 3 is 2.46 bits per heavy atom. The lowest BCUT2D eigenvalue weighted by Gasteiger charge is -2.24. The molecule has 0 radical (unpaired) electrons. The number of pyridine rings is 1. The third kappa shape index (κ3) is 8.57. The molecule has 2 amide bonds. The van der Waals surface area contributed by atoms with Crippen molar-refractivity contribution in [2.75, 3.05) is 33.4 Å². The predicted molar refractivity (Wildman–Crippen MR) is 129 cm³/mol. The van der Waals surface area contributed by atoms with Gasteiger partial charge in [0.2, 0.25) is 5.91 Å². The highest BCUT2D eigenvalue weighted by molar-refractivity contribution is 5.89. The van der Waals surface area contributed by atoms with E-state index < -0.39 is 23.6 Å². The van der Waals surface area contributed by atoms with Crippen LogP contribution in [-0.2, 0) is 25.7 Å². The average Bonchev–Trinajstić information content (AvgIpc) is 3.16. The van der Waals surface area contributed by atoms with Gasteiger partial charge in [0, 0.05) is 7.05 Å². The Bertz CT molecular complexity index is 1040. The maximum Gasteiger partial charge on any atom is 0.410 e. The zero-order valence-corrected chi connectivity index (χ0v) is 21.3. The van der Waals surface area contributed by atoms with Gasteiger partial charge in [-0.25, -0.2) is 4.79 Å². The van der Waals surface area contributed by atoms with E-state index >= 15 is 0 Å². The van der Waals surface area contributed by atoms with Crippen LogP contribution in [-0.4, -0.2) is 76.2 Å². The minimum Gasteiger partial charge on any atom is -0.443 e. The Morgan fingerprint density at radius 2 is 1.86 bits per heavy atom. The van der Waals surface area contributed by atoms with E-state index in [9.17, 15) is 14.4 Å². The molecule has 5 N–H and O–H groups in total. The van der Waals surface area contributed by atoms with Gasteiger partial charge in [0.15, 0.2) is 17.3 Å². The Balaban J connectivity index is 2.30. The van der Waals surface area contributed by atoms with E-state index in [0.29, 0.717) is 23.8 Å². The Morgan fingerprint density at radius 1 is 1.17 bits per heavy atom. The van der Waals surface area contributed by atoms with Gasteiger partial charge in [-0.2, -0.15) is 0 Å². The molecule has 2 heterocycles. The molecular formula is C23H37N7O5. The number of Topliss-reactive ketones (excluding diaryl/α,β-unsaturated/α-hetero) is 1. The molecule has 2 aromatic rings. The number of aromatic nitrogens is 3. The first kappa shape index (κ1) is 28.1. The lowest BCUT2D eigenvalue weighted by molar-refractivity contribution is -0.122. The summed E-state index contributed by atoms with van der Waals surface area (Å²) in [5, 5.41) is 11.8. The summed E-state index contributed by atoms with van der Waals surface area (Å²) in [5.41, 5.74) is 11.2. The van der Waals surface area contributed by atoms with Crippen LogP contribution in [0.1, 0.15) is 52.2 Å². The summed E-state index contributed by atoms with van der Waals surface area (Å²) in [6.45, 7) is 9.85. The summed E-state index contributed by atoms with van der Waals surface area (Å²) in [7, 11) is 1.42. The van der Waals surface area contributed by atoms with E-state index in [2.05, 4.69) is 36.3 Å². The van der Waals surface area contributed by atoms with Crippen LogP contribution in [0.5, 0.6) is 0 Å². The molecular weight excluding hydrogens is 454 g/mol. The number of hydrogen-bond donors (Lipinski definition) is 3. The van der Waals surface area contributed by atoms with E-state index in [0.717, 1.165) is 4.90 Å². The number of ketones is 1. The molecule has 2 aromatic heterocycles. The van der Waals surface area contributed by atoms with Gasteiger partial charge in [0.1, 0.15) is 13.2 Å². The fraction of sp³-hybridized carbons (Fsp3) is 0.609. The first-order valence-corrected chi connectivity index (χ1v) is 11.3. The lowest BCUT2D eigenvalue weighted by Crippen LogP contribution is -2.47. The first-order chi connectivity index (χ1) is 16.2. The number of ether oxygens (including phenoxy) is 2. The normalized spacial score (nSPS) is 13.0. The van der Waals surface area contributed by atoms with E-state index in [1.807, 2.05) is 0 Å². The second-order valence-electron chi connectivity index (χ2n) is 10.3. The summed E-state index contributed by atoms with van der Waals surface area (Å²) in [4.78, 5) is 36.8. The average molecular weight is 492 g/mol. The number of nitrogens with one attached hydrogen (secondary N) is 1. The number of carbonyl (C=O) groups is 3. The van der Waals surface area contributed by atoms with Gasteiger partial charge in [-0.15, -0.1) is 10.2 Å². The van der Waals surface area contributed by atoms with E-state index in [4.69, 9.17) is 20.9 Å². The van der Waals surface area contributed by atoms with Gasteiger partial charge in [-0.05, 0) is 31.4 Å². The molecule has 0 unspecified atom stereocenters. The third-order valence-electron chi connectivity index (χ3n) is 4.94. The number of nitrogens with two attached hydrogens (primary N) is 2. The smallest absolute Gasteiger partial charge is 0.410 e. The summed E-state index contributed by atoms with van der Waals surface area (Å²) in [6.07, 6.45) is -0.700. The second kappa shape index (κ2) is 11.6. The first-order valence-electron chi connectivity index (χ1n) is 11.3. The van der Waals surface area contributed by atoms with Crippen molar-refractivity contribution in [3.05, 3.63) is 29.7 Å². The number of amides is 2. The van der Waals surface area contributed by atoms with Crippen molar-refractivity contribution in [1.82, 2.24) is 24.8 Å². The molecule has 35 heavy (non-hydrogen) atoms. The van der Waals surface area contributed by atoms with Gasteiger partial charge in [0.05, 0.1) is 37.0 Å². The number of carbonyl (C=O) groups excluding carboxylic acids is 3. The van der Waals surface area contributed by atoms with Crippen molar-refractivity contribution in [1.29, 1.82) is 0 Å². The molecule has 0 aliphatic carbocycles. The van der Waals surface area contributed by atoms with Crippen LogP contribution in [0.25, 0.3) is 5.65 Å². The molecule has 194 valence electrons. The standard InChI is InChI=1S/C23H37N7O5/c1-22(2,3)14-34-13-16(26-10-17(31)23(4,5)25)20-28-27-19-9-7-8-15(30(19)20)12-35-21(33)29(6)11-18(24)32/h7-9,16,26H,10-14,25H2,1-6H3,(H2,24,32)/t16-/m1/s1. The Hall–Kier alpha value is -3.09. The number of rotatable bonds is 12. The van der Waals surface area contributed by atoms with Crippen LogP contribution in [0.2, 0.25) is 0 Å². The minimum atomic E-state index is -0.993. The van der Waals surface area contributed by atoms with Crippen molar-refractivity contribution < 1.29 is 23.9 Å². The number of fused-ring (bicyclic) bond motifs is 1. The topological polar surface area (TPSA) is 167 Å². The molecule has 0 bridgehead atoms. The molecule has 12 heteroatoms. The summed E-state index contributed by atoms with van der Waals surface area (Å²) in [6, 6.07) is 4.81. The zero-order valence-electron chi connectivity index (χ0n) is 21.3. The lowest BCUT2D eigenvalue weighted by atomic mass is 9.99. The fourth-order valence-electron chi connectivity index (χ4n) is 3.06. The van der Waals surface area contributed by atoms with Crippen molar-refractivity contribution in [2.24, 2.45) is 16.9 Å². The van der Waals surface area contributed by atoms with Gasteiger partial charge in [-0.1, -0.05) is 26.8 Å². The molecule has 0 saturated carbocycles. The van der Waals surface area contributed by atoms with E-state index in [1.54, 1.807) is 36.4 Å². The monoisotopic (exact) mass is 491 g/mol. The fourth-order valence-corrected chi connectivity index (χ4v) is 3.06. The molecule has 1 atom stereocenters. The number of nitrogens with zero attached hydrogens (tertiary/aromatic N) is 4. The highest BCUT2D eigenvalue weighted by Crippen LogP contribution is 2.19. The highest BCUT2D eigenvalue weighted by atomic mass is 16.6. The van der Waals surface area contributed by atoms with Crippen molar-refractivity contribution in [3.63, 3.8) is 0 Å². The van der Waals surface area contributed by atoms with Crippen LogP contribution in [0.15, 0.2) is 18.2 Å². The van der Waals surface area contributed by atoms with Crippen LogP contribution in [0, 0.1) is 5.41 Å². The Kier molecular flexibility index (Phi) is 9.30. The molecule has 0 aromatic carbocycles. The van der Waals surface area contributed by atoms with Crippen molar-refractivity contribution >= 4 is 23.4 Å². The van der Waals surface area contributed by atoms with Gasteiger partial charge < -0.3 is 25.8 Å². The number of primary amides is 1. The van der Waals surface area contributed by atoms with Gasteiger partial charge in [-0.3, -0.25) is 19.3 Å². The van der Waals surface area contributed by atoms with Crippen LogP contribution >= 0.6 is 0 Å². The molecule has 12 nitrogen and oxygen atoms in total. The summed E-state index contributed by atoms with van der Waals surface area (Å²) in [5.74, 6) is -0.320. The van der Waals surface area contributed by atoms with Crippen molar-refractivity contribution in [3.8, 4) is 0 Å². The summed E-state index contributed by atoms with van der Waals surface area (Å²) >= 11 is 0. The molecule has 0 saturated heterocycles. The van der Waals surface area contributed by atoms with Crippen LogP contribution in [0.4, 0.5) is 4.79 Å². The van der Waals surface area contributed by atoms with Crippen LogP contribution in [0.3, 0.4) is 0 Å². The number of likely N-dealkylation sites (N-methyl/N-ethyl adjacent to an activating group) is 1. The molecule has 0 spiro atoms. The maximum atomic E-state index is 12.5. The Labute approximate surface area is 205 Å². The molecule has 0 aliphatic heterocycles. The molecule has 2 rings (SSSR count). The SMILES string of the molecule is CN(CC(N)=O)C(=O)OCc1cccc2nnc([C@@H](COCC(C)(C)C)NCC(=O)C(C)(C)N)n12. The molecule has 0 aliphatic rings. The second-order valence-corrected chi connectivity index (χ2v) is 10.3. The quantitative estimate of drug-likeness (QED) is 0.389. The summed E-state index contributed by atoms with van der Waals surface area (Å²) < 4.78 is 13.0. The van der Waals surface area contributed by atoms with E-state index in [1.165, 1.54) is 7.05 Å². The van der Waals surface area contributed by atoms with Crippen LogP contribution < -0.4 is 16.8 Å². The minimum absolute atomic E-state index is 0.0109. The number of hydrogen-bond acceptors (Lipinski definition) is 9. The van der Waals surface area contributed by atoms with Gasteiger partial charge >= 0.3 is 6.09 Å². The highest BCUT2D eigenvalue weighted by Gasteiger charge is 2.26. The maximum absolute atomic E-state index is 12.5. The van der Waals surface area contributed by atoms with E-state index in [-0.39, 0.29) is 37.5 Å². The van der Waals surface area contributed by atoms with Crippen molar-refractivity contribution in [2.45, 2.75) is 52.8 Å². The predicted octanol–water partition coefficient (Wildman–Crippen LogP) is 0.783. The largest absolute Gasteiger partial charge is 0.443 e. The third-order valence-corrected chi connectivity index (χ3v) is 4.94. The molecule has 0 fully saturated rings. The van der Waals surface area contributed by atoms with Gasteiger partial charge in [0.25, 0.3) is 0 Å².